The van der Waals surface area contributed by atoms with Gasteiger partial charge in [0.2, 0.25) is 5.88 Å². The summed E-state index contributed by atoms with van der Waals surface area (Å²) >= 11 is 0. The first kappa shape index (κ1) is 19.6. The van der Waals surface area contributed by atoms with E-state index >= 15 is 0 Å². The lowest BCUT2D eigenvalue weighted by molar-refractivity contribution is 0.144. The van der Waals surface area contributed by atoms with E-state index in [4.69, 9.17) is 9.47 Å². The Morgan fingerprint density at radius 3 is 2.54 bits per heavy atom. The predicted octanol–water partition coefficient (Wildman–Crippen LogP) is 1.52. The summed E-state index contributed by atoms with van der Waals surface area (Å²) in [6.45, 7) is 5.28. The van der Waals surface area contributed by atoms with E-state index in [0.717, 1.165) is 5.56 Å². The fourth-order valence-corrected chi connectivity index (χ4v) is 2.81. The van der Waals surface area contributed by atoms with Gasteiger partial charge in [-0.1, -0.05) is 0 Å². The van der Waals surface area contributed by atoms with Gasteiger partial charge in [-0.15, -0.1) is 0 Å². The van der Waals surface area contributed by atoms with Gasteiger partial charge >= 0.3 is 5.69 Å². The van der Waals surface area contributed by atoms with Gasteiger partial charge < -0.3 is 14.5 Å². The zero-order valence-corrected chi connectivity index (χ0v) is 16.1. The smallest absolute Gasteiger partial charge is 0.332 e. The molecule has 0 radical (unpaired) electrons. The second kappa shape index (κ2) is 8.66. The minimum absolute atomic E-state index is 0.308. The van der Waals surface area contributed by atoms with Gasteiger partial charge in [0.1, 0.15) is 17.9 Å². The third kappa shape index (κ3) is 3.89. The molecule has 148 valence electrons. The molecule has 0 atom stereocenters. The first-order chi connectivity index (χ1) is 13.6. The molecular weight excluding hydrogens is 362 g/mol. The number of imidazole rings is 1. The summed E-state index contributed by atoms with van der Waals surface area (Å²) < 4.78 is 13.0. The van der Waals surface area contributed by atoms with E-state index in [1.165, 1.54) is 9.13 Å². The molecule has 0 saturated carbocycles. The number of hydrogen-bond donors (Lipinski definition) is 1. The molecule has 0 spiro atoms. The Hall–Kier alpha value is -3.20. The van der Waals surface area contributed by atoms with Crippen LogP contribution in [-0.2, 0) is 17.8 Å². The number of H-pyrrole nitrogens is 1. The van der Waals surface area contributed by atoms with Crippen LogP contribution in [-0.4, -0.2) is 44.4 Å². The maximum Gasteiger partial charge on any atom is 0.332 e. The predicted molar refractivity (Wildman–Crippen MR) is 106 cm³/mol. The van der Waals surface area contributed by atoms with Crippen LogP contribution in [0.4, 0.5) is 0 Å². The molecule has 9 nitrogen and oxygen atoms in total. The zero-order chi connectivity index (χ0) is 20.1. The summed E-state index contributed by atoms with van der Waals surface area (Å²) in [5.74, 6) is 1.01. The maximum absolute atomic E-state index is 12.5. The van der Waals surface area contributed by atoms with Crippen molar-refractivity contribution < 1.29 is 9.47 Å². The number of hydrogen-bond acceptors (Lipinski definition) is 6. The number of pyridine rings is 1. The molecule has 0 unspecified atom stereocenters. The normalized spacial score (nSPS) is 11.5. The monoisotopic (exact) mass is 385 g/mol. The van der Waals surface area contributed by atoms with Crippen molar-refractivity contribution in [1.82, 2.24) is 24.1 Å². The second-order valence-corrected chi connectivity index (χ2v) is 6.00. The Bertz CT molecular complexity index is 1090. The van der Waals surface area contributed by atoms with Crippen molar-refractivity contribution in [3.8, 4) is 5.88 Å². The lowest BCUT2D eigenvalue weighted by Gasteiger charge is -2.06. The van der Waals surface area contributed by atoms with Gasteiger partial charge in [0, 0.05) is 32.5 Å². The number of aromatic nitrogens is 5. The number of methoxy groups -OCH3 is 1. The summed E-state index contributed by atoms with van der Waals surface area (Å²) in [6.07, 6.45) is 5.23. The number of nitrogens with one attached hydrogen (secondary N) is 1. The molecule has 0 aromatic carbocycles. The molecule has 9 heteroatoms. The summed E-state index contributed by atoms with van der Waals surface area (Å²) in [4.78, 5) is 36.6. The van der Waals surface area contributed by atoms with Crippen LogP contribution in [0.15, 0.2) is 27.9 Å². The number of aryl methyl sites for hydroxylation is 1. The van der Waals surface area contributed by atoms with Crippen LogP contribution in [0, 0.1) is 0 Å². The Morgan fingerprint density at radius 2 is 1.89 bits per heavy atom. The Labute approximate surface area is 161 Å². The van der Waals surface area contributed by atoms with E-state index in [1.807, 2.05) is 19.1 Å². The number of nitrogens with zero attached hydrogens (tertiary/aromatic N) is 4. The van der Waals surface area contributed by atoms with E-state index in [-0.39, 0.29) is 11.2 Å². The molecule has 3 heterocycles. The van der Waals surface area contributed by atoms with Gasteiger partial charge in [-0.25, -0.2) is 14.8 Å². The molecule has 0 bridgehead atoms. The van der Waals surface area contributed by atoms with Crippen LogP contribution in [0.25, 0.3) is 23.3 Å². The molecule has 1 N–H and O–H groups in total. The Kier molecular flexibility index (Phi) is 6.05. The molecule has 0 fully saturated rings. The third-order valence-corrected chi connectivity index (χ3v) is 4.24. The molecule has 0 amide bonds. The summed E-state index contributed by atoms with van der Waals surface area (Å²) in [7, 11) is 1.61. The molecule has 0 aliphatic rings. The third-order valence-electron chi connectivity index (χ3n) is 4.24. The minimum Gasteiger partial charge on any atom is -0.475 e. The largest absolute Gasteiger partial charge is 0.475 e. The Balaban J connectivity index is 1.87. The molecular formula is C19H23N5O4. The Morgan fingerprint density at radius 1 is 1.11 bits per heavy atom. The topological polar surface area (TPSA) is 104 Å². The number of aromatic amines is 1. The number of fused-ring (bicyclic) bond motifs is 1. The van der Waals surface area contributed by atoms with Gasteiger partial charge in [-0.05, 0) is 37.6 Å². The van der Waals surface area contributed by atoms with Crippen LogP contribution in [0.5, 0.6) is 5.88 Å². The van der Waals surface area contributed by atoms with Gasteiger partial charge in [-0.2, -0.15) is 0 Å². The number of rotatable bonds is 8. The summed E-state index contributed by atoms with van der Waals surface area (Å²) in [5, 5.41) is 0. The maximum atomic E-state index is 12.5. The van der Waals surface area contributed by atoms with Crippen LogP contribution in [0.2, 0.25) is 0 Å². The molecule has 0 saturated heterocycles. The van der Waals surface area contributed by atoms with Crippen molar-refractivity contribution in [2.24, 2.45) is 0 Å². The average Bonchev–Trinajstić information content (AvgIpc) is 3.13. The van der Waals surface area contributed by atoms with Crippen LogP contribution < -0.4 is 16.0 Å². The van der Waals surface area contributed by atoms with Gasteiger partial charge in [0.05, 0.1) is 6.61 Å². The molecule has 3 rings (SSSR count). The van der Waals surface area contributed by atoms with Crippen molar-refractivity contribution in [3.63, 3.8) is 0 Å². The minimum atomic E-state index is -0.362. The quantitative estimate of drug-likeness (QED) is 0.590. The van der Waals surface area contributed by atoms with E-state index in [2.05, 4.69) is 15.0 Å². The van der Waals surface area contributed by atoms with Crippen LogP contribution in [0.1, 0.15) is 25.2 Å². The lowest BCUT2D eigenvalue weighted by atomic mass is 10.2. The molecule has 3 aromatic rings. The van der Waals surface area contributed by atoms with Crippen molar-refractivity contribution in [1.29, 1.82) is 0 Å². The fraction of sp³-hybridized carbons (Fsp3) is 0.368. The summed E-state index contributed by atoms with van der Waals surface area (Å²) in [5.41, 5.74) is 0.819. The van der Waals surface area contributed by atoms with Crippen molar-refractivity contribution in [2.75, 3.05) is 20.3 Å². The SMILES string of the molecule is CCn1c(=O)c2[nH]c(/C=C/c3ccc(OCCOC)nc3)nc2n(CC)c1=O. The summed E-state index contributed by atoms with van der Waals surface area (Å²) in [6, 6.07) is 3.63. The van der Waals surface area contributed by atoms with Crippen molar-refractivity contribution >= 4 is 23.3 Å². The second-order valence-electron chi connectivity index (χ2n) is 6.00. The zero-order valence-electron chi connectivity index (χ0n) is 16.1. The molecule has 0 aliphatic heterocycles. The van der Waals surface area contributed by atoms with Gasteiger partial charge in [0.15, 0.2) is 5.65 Å². The molecule has 3 aromatic heterocycles. The average molecular weight is 385 g/mol. The van der Waals surface area contributed by atoms with E-state index in [0.29, 0.717) is 49.2 Å². The van der Waals surface area contributed by atoms with Crippen molar-refractivity contribution in [3.05, 3.63) is 50.6 Å². The van der Waals surface area contributed by atoms with Gasteiger partial charge in [-0.3, -0.25) is 13.9 Å². The van der Waals surface area contributed by atoms with E-state index < -0.39 is 0 Å². The highest BCUT2D eigenvalue weighted by Crippen LogP contribution is 2.12. The molecule has 28 heavy (non-hydrogen) atoms. The highest BCUT2D eigenvalue weighted by molar-refractivity contribution is 5.75. The first-order valence-electron chi connectivity index (χ1n) is 9.08. The standard InChI is InChI=1S/C19H23N5O4/c1-4-23-17-16(18(25)24(5-2)19(23)26)21-14(22-17)8-6-13-7-9-15(20-12-13)28-11-10-27-3/h6-9,12H,4-5,10-11H2,1-3H3,(H,21,22)/b8-6+. The molecule has 0 aliphatic carbocycles. The van der Waals surface area contributed by atoms with Crippen LogP contribution >= 0.6 is 0 Å². The van der Waals surface area contributed by atoms with Gasteiger partial charge in [0.25, 0.3) is 5.56 Å². The lowest BCUT2D eigenvalue weighted by Crippen LogP contribution is -2.39. The number of ether oxygens (including phenoxy) is 2. The highest BCUT2D eigenvalue weighted by atomic mass is 16.5. The first-order valence-corrected chi connectivity index (χ1v) is 9.08. The van der Waals surface area contributed by atoms with E-state index in [9.17, 15) is 9.59 Å². The fourth-order valence-electron chi connectivity index (χ4n) is 2.81. The van der Waals surface area contributed by atoms with E-state index in [1.54, 1.807) is 32.4 Å². The van der Waals surface area contributed by atoms with Crippen LogP contribution in [0.3, 0.4) is 0 Å². The van der Waals surface area contributed by atoms with Crippen molar-refractivity contribution in [2.45, 2.75) is 26.9 Å². The highest BCUT2D eigenvalue weighted by Gasteiger charge is 2.14.